The zero-order chi connectivity index (χ0) is 7.78. The topological polar surface area (TPSA) is 63.6 Å². The second-order valence-electron chi connectivity index (χ2n) is 2.12. The zero-order valence-corrected chi connectivity index (χ0v) is 5.84. The van der Waals surface area contributed by atoms with Crippen LogP contribution in [0.2, 0.25) is 0 Å². The van der Waals surface area contributed by atoms with Crippen LogP contribution in [0.15, 0.2) is 0 Å². The Morgan fingerprint density at radius 2 is 2.10 bits per heavy atom. The summed E-state index contributed by atoms with van der Waals surface area (Å²) in [6, 6.07) is 0. The van der Waals surface area contributed by atoms with Gasteiger partial charge in [-0.3, -0.25) is 0 Å². The molecule has 1 aliphatic heterocycles. The van der Waals surface area contributed by atoms with E-state index in [1.54, 1.807) is 0 Å². The van der Waals surface area contributed by atoms with E-state index in [1.807, 2.05) is 0 Å². The van der Waals surface area contributed by atoms with Crippen LogP contribution in [-0.2, 0) is 15.0 Å². The minimum atomic E-state index is -4.63. The summed E-state index contributed by atoms with van der Waals surface area (Å²) in [6.45, 7) is -0.353. The first kappa shape index (κ1) is 7.90. The molecule has 0 aromatic carbocycles. The van der Waals surface area contributed by atoms with Crippen LogP contribution in [0.25, 0.3) is 0 Å². The minimum Gasteiger partial charge on any atom is -0.389 e. The van der Waals surface area contributed by atoms with E-state index in [9.17, 15) is 12.3 Å². The van der Waals surface area contributed by atoms with Crippen molar-refractivity contribution in [3.8, 4) is 0 Å². The number of hydrogen-bond donors (Lipinski definition) is 1. The number of hydrogen-bond acceptors (Lipinski definition) is 4. The molecule has 1 N–H and O–H groups in total. The summed E-state index contributed by atoms with van der Waals surface area (Å²) in [5.41, 5.74) is 0. The summed E-state index contributed by atoms with van der Waals surface area (Å²) < 4.78 is 36.9. The zero-order valence-electron chi connectivity index (χ0n) is 5.03. The Morgan fingerprint density at radius 1 is 1.50 bits per heavy atom. The maximum atomic E-state index is 12.1. The Morgan fingerprint density at radius 3 is 2.30 bits per heavy atom. The van der Waals surface area contributed by atoms with Crippen molar-refractivity contribution in [2.24, 2.45) is 0 Å². The van der Waals surface area contributed by atoms with Gasteiger partial charge in [0, 0.05) is 0 Å². The van der Waals surface area contributed by atoms with Gasteiger partial charge in [-0.25, -0.2) is 0 Å². The largest absolute Gasteiger partial charge is 0.389 e. The molecule has 0 radical (unpaired) electrons. The molecule has 6 heteroatoms. The van der Waals surface area contributed by atoms with Gasteiger partial charge < -0.3 is 9.84 Å². The first-order valence-corrected chi connectivity index (χ1v) is 4.16. The lowest BCUT2D eigenvalue weighted by atomic mass is 10.3. The predicted molar refractivity (Wildman–Crippen MR) is 30.6 cm³/mol. The second kappa shape index (κ2) is 2.44. The van der Waals surface area contributed by atoms with E-state index in [0.29, 0.717) is 0 Å². The van der Waals surface area contributed by atoms with E-state index in [0.717, 1.165) is 0 Å². The number of aliphatic hydroxyl groups is 1. The summed E-state index contributed by atoms with van der Waals surface area (Å²) in [6.07, 6.45) is -1.21. The summed E-state index contributed by atoms with van der Waals surface area (Å²) in [5, 5.41) is 7.40. The summed E-state index contributed by atoms with van der Waals surface area (Å²) >= 11 is 0. The van der Waals surface area contributed by atoms with Crippen LogP contribution < -0.4 is 0 Å². The smallest absolute Gasteiger partial charge is 0.310 e. The van der Waals surface area contributed by atoms with Crippen LogP contribution in [0.5, 0.6) is 0 Å². The highest BCUT2D eigenvalue weighted by atomic mass is 32.3. The SMILES string of the molecule is O=S(=O)(F)[C@@H]1COC[C@H]1O. The molecule has 4 nitrogen and oxygen atoms in total. The summed E-state index contributed by atoms with van der Waals surface area (Å²) in [5.74, 6) is 0. The molecule has 1 saturated heterocycles. The van der Waals surface area contributed by atoms with E-state index in [-0.39, 0.29) is 13.2 Å². The molecule has 0 saturated carbocycles. The van der Waals surface area contributed by atoms with Gasteiger partial charge in [0.25, 0.3) is 0 Å². The van der Waals surface area contributed by atoms with E-state index in [2.05, 4.69) is 4.74 Å². The van der Waals surface area contributed by atoms with Gasteiger partial charge in [0.05, 0.1) is 19.3 Å². The average Bonchev–Trinajstić information content (AvgIpc) is 2.11. The van der Waals surface area contributed by atoms with Crippen molar-refractivity contribution in [1.82, 2.24) is 0 Å². The molecule has 0 bridgehead atoms. The fraction of sp³-hybridized carbons (Fsp3) is 1.00. The van der Waals surface area contributed by atoms with Crippen molar-refractivity contribution in [3.05, 3.63) is 0 Å². The fourth-order valence-electron chi connectivity index (χ4n) is 0.792. The normalized spacial score (nSPS) is 34.6. The fourth-order valence-corrected chi connectivity index (χ4v) is 1.50. The molecule has 0 spiro atoms. The van der Waals surface area contributed by atoms with Crippen LogP contribution in [0.3, 0.4) is 0 Å². The predicted octanol–water partition coefficient (Wildman–Crippen LogP) is -0.955. The molecule has 10 heavy (non-hydrogen) atoms. The van der Waals surface area contributed by atoms with Crippen molar-refractivity contribution in [2.75, 3.05) is 13.2 Å². The molecule has 1 fully saturated rings. The maximum Gasteiger partial charge on any atom is 0.310 e. The molecule has 2 atom stereocenters. The third-order valence-electron chi connectivity index (χ3n) is 1.36. The van der Waals surface area contributed by atoms with Crippen LogP contribution in [0.1, 0.15) is 0 Å². The van der Waals surface area contributed by atoms with E-state index < -0.39 is 21.6 Å². The van der Waals surface area contributed by atoms with Gasteiger partial charge in [-0.15, -0.1) is 3.89 Å². The van der Waals surface area contributed by atoms with Gasteiger partial charge in [-0.2, -0.15) is 8.42 Å². The summed E-state index contributed by atoms with van der Waals surface area (Å²) in [4.78, 5) is 0. The average molecular weight is 170 g/mol. The van der Waals surface area contributed by atoms with Gasteiger partial charge in [-0.05, 0) is 0 Å². The molecule has 0 aliphatic carbocycles. The Hall–Kier alpha value is -0.200. The Kier molecular flexibility index (Phi) is 1.93. The number of ether oxygens (including phenoxy) is 1. The lowest BCUT2D eigenvalue weighted by molar-refractivity contribution is 0.127. The molecule has 0 unspecified atom stereocenters. The molecule has 0 amide bonds. The highest BCUT2D eigenvalue weighted by Crippen LogP contribution is 2.15. The van der Waals surface area contributed by atoms with Crippen molar-refractivity contribution in [2.45, 2.75) is 11.4 Å². The quantitative estimate of drug-likeness (QED) is 0.515. The maximum absolute atomic E-state index is 12.1. The third kappa shape index (κ3) is 1.44. The van der Waals surface area contributed by atoms with Gasteiger partial charge in [-0.1, -0.05) is 0 Å². The van der Waals surface area contributed by atoms with Crippen LogP contribution in [0.4, 0.5) is 3.89 Å². The second-order valence-corrected chi connectivity index (χ2v) is 3.68. The molecule has 60 valence electrons. The van der Waals surface area contributed by atoms with Crippen molar-refractivity contribution >= 4 is 10.2 Å². The number of halogens is 1. The molecule has 1 heterocycles. The first-order chi connectivity index (χ1) is 4.52. The van der Waals surface area contributed by atoms with Crippen LogP contribution >= 0.6 is 0 Å². The number of aliphatic hydroxyl groups excluding tert-OH is 1. The van der Waals surface area contributed by atoms with Gasteiger partial charge in [0.2, 0.25) is 0 Å². The monoisotopic (exact) mass is 170 g/mol. The molecular formula is C4H7FO4S. The van der Waals surface area contributed by atoms with E-state index in [4.69, 9.17) is 5.11 Å². The van der Waals surface area contributed by atoms with Gasteiger partial charge >= 0.3 is 10.2 Å². The third-order valence-corrected chi connectivity index (χ3v) is 2.54. The Balaban J connectivity index is 2.74. The lowest BCUT2D eigenvalue weighted by Gasteiger charge is -2.04. The Bertz CT molecular complexity index is 211. The molecule has 1 aliphatic rings. The Labute approximate surface area is 57.8 Å². The molecular weight excluding hydrogens is 163 g/mol. The lowest BCUT2D eigenvalue weighted by Crippen LogP contribution is -2.29. The van der Waals surface area contributed by atoms with Crippen molar-refractivity contribution < 1.29 is 22.1 Å². The van der Waals surface area contributed by atoms with Crippen LogP contribution in [0, 0.1) is 0 Å². The van der Waals surface area contributed by atoms with Crippen LogP contribution in [-0.4, -0.2) is 38.1 Å². The number of rotatable bonds is 1. The van der Waals surface area contributed by atoms with E-state index in [1.165, 1.54) is 0 Å². The highest BCUT2D eigenvalue weighted by Gasteiger charge is 2.37. The molecule has 0 aromatic rings. The standard InChI is InChI=1S/C4H7FO4S/c5-10(7,8)4-2-9-1-3(4)6/h3-4,6H,1-2H2/t3-,4-/m1/s1. The molecule has 0 aromatic heterocycles. The first-order valence-electron chi connectivity index (χ1n) is 2.71. The molecule has 1 rings (SSSR count). The van der Waals surface area contributed by atoms with Crippen molar-refractivity contribution in [1.29, 1.82) is 0 Å². The minimum absolute atomic E-state index is 0.103. The van der Waals surface area contributed by atoms with Gasteiger partial charge in [0.1, 0.15) is 5.25 Å². The van der Waals surface area contributed by atoms with Gasteiger partial charge in [0.15, 0.2) is 0 Å². The van der Waals surface area contributed by atoms with Crippen molar-refractivity contribution in [3.63, 3.8) is 0 Å². The summed E-state index contributed by atoms with van der Waals surface area (Å²) in [7, 11) is -4.63. The van der Waals surface area contributed by atoms with E-state index >= 15 is 0 Å². The highest BCUT2D eigenvalue weighted by molar-refractivity contribution is 7.87.